The molecule has 27 heavy (non-hydrogen) atoms. The first kappa shape index (κ1) is 18.8. The van der Waals surface area contributed by atoms with Gasteiger partial charge in [0.1, 0.15) is 21.7 Å². The maximum absolute atomic E-state index is 13.1. The summed E-state index contributed by atoms with van der Waals surface area (Å²) in [6.07, 6.45) is 7.52. The molecule has 1 atom stereocenters. The lowest BCUT2D eigenvalue weighted by Crippen LogP contribution is -2.39. The van der Waals surface area contributed by atoms with Crippen LogP contribution in [0.3, 0.4) is 0 Å². The molecule has 2 aliphatic heterocycles. The van der Waals surface area contributed by atoms with E-state index in [1.54, 1.807) is 17.3 Å². The first-order valence-corrected chi connectivity index (χ1v) is 11.3. The van der Waals surface area contributed by atoms with Crippen LogP contribution in [0.15, 0.2) is 17.2 Å². The minimum absolute atomic E-state index is 0.0780. The summed E-state index contributed by atoms with van der Waals surface area (Å²) < 4.78 is 30.0. The largest absolute Gasteiger partial charge is 0.315 e. The van der Waals surface area contributed by atoms with Crippen LogP contribution in [0.1, 0.15) is 55.2 Å². The summed E-state index contributed by atoms with van der Waals surface area (Å²) >= 11 is 5.95. The number of rotatable bonds is 3. The second-order valence-corrected chi connectivity index (χ2v) is 9.71. The Hall–Kier alpha value is -1.51. The van der Waals surface area contributed by atoms with Crippen molar-refractivity contribution in [1.29, 1.82) is 0 Å². The highest BCUT2D eigenvalue weighted by molar-refractivity contribution is 7.89. The topological polar surface area (TPSA) is 81.0 Å². The lowest BCUT2D eigenvalue weighted by atomic mass is 9.99. The van der Waals surface area contributed by atoms with E-state index in [4.69, 9.17) is 11.6 Å². The van der Waals surface area contributed by atoms with E-state index in [9.17, 15) is 8.42 Å². The number of sulfonamides is 1. The van der Waals surface area contributed by atoms with Crippen molar-refractivity contribution in [2.75, 3.05) is 13.1 Å². The maximum atomic E-state index is 13.1. The average Bonchev–Trinajstić information content (AvgIpc) is 2.92. The van der Waals surface area contributed by atoms with Crippen molar-refractivity contribution >= 4 is 21.6 Å². The first-order chi connectivity index (χ1) is 13.0. The van der Waals surface area contributed by atoms with Crippen molar-refractivity contribution in [3.05, 3.63) is 34.6 Å². The van der Waals surface area contributed by atoms with Crippen LogP contribution in [-0.2, 0) is 23.0 Å². The fourth-order valence-electron chi connectivity index (χ4n) is 4.00. The molecule has 4 rings (SSSR count). The van der Waals surface area contributed by atoms with Gasteiger partial charge < -0.3 is 4.57 Å². The molecule has 1 fully saturated rings. The molecular formula is C18H24ClN5O2S. The maximum Gasteiger partial charge on any atom is 0.244 e. The Morgan fingerprint density at radius 3 is 2.81 bits per heavy atom. The molecular weight excluding hydrogens is 386 g/mol. The molecule has 0 amide bonds. The standard InChI is InChI=1S/C18H24ClN5O2S/c1-13-10-15(11-20-17(13)19)27(25,26)23-8-5-6-14(12-23)18-22-21-16-7-3-2-4-9-24(16)18/h10-11,14H,2-9,12H2,1H3/t14-/m1/s1. The van der Waals surface area contributed by atoms with Crippen molar-refractivity contribution in [3.8, 4) is 0 Å². The molecule has 0 radical (unpaired) electrons. The highest BCUT2D eigenvalue weighted by atomic mass is 35.5. The van der Waals surface area contributed by atoms with E-state index in [2.05, 4.69) is 19.7 Å². The number of aryl methyl sites for hydroxylation is 2. The van der Waals surface area contributed by atoms with E-state index in [1.807, 2.05) is 0 Å². The zero-order chi connectivity index (χ0) is 19.0. The average molecular weight is 410 g/mol. The van der Waals surface area contributed by atoms with Crippen molar-refractivity contribution in [1.82, 2.24) is 24.1 Å². The predicted octanol–water partition coefficient (Wildman–Crippen LogP) is 2.93. The number of pyridine rings is 1. The summed E-state index contributed by atoms with van der Waals surface area (Å²) in [5.74, 6) is 2.06. The SMILES string of the molecule is Cc1cc(S(=O)(=O)N2CCC[C@@H](c3nnc4n3CCCCC4)C2)cnc1Cl. The molecule has 9 heteroatoms. The number of hydrogen-bond acceptors (Lipinski definition) is 5. The Morgan fingerprint density at radius 2 is 2.00 bits per heavy atom. The molecule has 0 spiro atoms. The smallest absolute Gasteiger partial charge is 0.244 e. The highest BCUT2D eigenvalue weighted by Gasteiger charge is 2.34. The van der Waals surface area contributed by atoms with Gasteiger partial charge in [0.15, 0.2) is 0 Å². The molecule has 146 valence electrons. The van der Waals surface area contributed by atoms with Crippen LogP contribution in [0, 0.1) is 6.92 Å². The van der Waals surface area contributed by atoms with Crippen LogP contribution in [0.4, 0.5) is 0 Å². The Bertz CT molecular complexity index is 943. The number of aromatic nitrogens is 4. The number of hydrogen-bond donors (Lipinski definition) is 0. The van der Waals surface area contributed by atoms with Crippen molar-refractivity contribution < 1.29 is 8.42 Å². The lowest BCUT2D eigenvalue weighted by molar-refractivity contribution is 0.304. The zero-order valence-electron chi connectivity index (χ0n) is 15.4. The second-order valence-electron chi connectivity index (χ2n) is 7.42. The fourth-order valence-corrected chi connectivity index (χ4v) is 5.66. The normalized spacial score (nSPS) is 21.6. The van der Waals surface area contributed by atoms with E-state index < -0.39 is 10.0 Å². The summed E-state index contributed by atoms with van der Waals surface area (Å²) in [7, 11) is -3.60. The van der Waals surface area contributed by atoms with Gasteiger partial charge in [-0.05, 0) is 44.2 Å². The molecule has 2 aliphatic rings. The van der Waals surface area contributed by atoms with Gasteiger partial charge in [0.25, 0.3) is 0 Å². The monoisotopic (exact) mass is 409 g/mol. The van der Waals surface area contributed by atoms with Gasteiger partial charge in [-0.25, -0.2) is 13.4 Å². The third-order valence-corrected chi connectivity index (χ3v) is 7.74. The van der Waals surface area contributed by atoms with E-state index >= 15 is 0 Å². The summed E-state index contributed by atoms with van der Waals surface area (Å²) in [6.45, 7) is 3.64. The number of piperidine rings is 1. The van der Waals surface area contributed by atoms with Gasteiger partial charge in [-0.3, -0.25) is 0 Å². The summed E-state index contributed by atoms with van der Waals surface area (Å²) in [6, 6.07) is 1.59. The van der Waals surface area contributed by atoms with Gasteiger partial charge in [-0.15, -0.1) is 10.2 Å². The summed E-state index contributed by atoms with van der Waals surface area (Å²) in [4.78, 5) is 4.21. The molecule has 2 aromatic heterocycles. The Labute approximate surface area is 164 Å². The predicted molar refractivity (Wildman–Crippen MR) is 102 cm³/mol. The van der Waals surface area contributed by atoms with E-state index in [0.29, 0.717) is 23.8 Å². The van der Waals surface area contributed by atoms with E-state index in [0.717, 1.165) is 50.3 Å². The van der Waals surface area contributed by atoms with Crippen LogP contribution in [-0.4, -0.2) is 45.6 Å². The Kier molecular flexibility index (Phi) is 5.22. The molecule has 0 bridgehead atoms. The van der Waals surface area contributed by atoms with E-state index in [1.165, 1.54) is 12.6 Å². The summed E-state index contributed by atoms with van der Waals surface area (Å²) in [5, 5.41) is 9.15. The minimum atomic E-state index is -3.60. The molecule has 0 aromatic carbocycles. The van der Waals surface area contributed by atoms with Crippen LogP contribution >= 0.6 is 11.6 Å². The molecule has 1 saturated heterocycles. The molecule has 4 heterocycles. The fraction of sp³-hybridized carbons (Fsp3) is 0.611. The van der Waals surface area contributed by atoms with Crippen LogP contribution in [0.2, 0.25) is 5.15 Å². The molecule has 0 unspecified atom stereocenters. The molecule has 7 nitrogen and oxygen atoms in total. The van der Waals surface area contributed by atoms with Crippen LogP contribution in [0.5, 0.6) is 0 Å². The van der Waals surface area contributed by atoms with Crippen LogP contribution in [0.25, 0.3) is 0 Å². The number of halogens is 1. The minimum Gasteiger partial charge on any atom is -0.315 e. The molecule has 2 aromatic rings. The van der Waals surface area contributed by atoms with Gasteiger partial charge >= 0.3 is 0 Å². The number of fused-ring (bicyclic) bond motifs is 1. The van der Waals surface area contributed by atoms with Crippen LogP contribution < -0.4 is 0 Å². The second kappa shape index (κ2) is 7.48. The molecule has 0 aliphatic carbocycles. The zero-order valence-corrected chi connectivity index (χ0v) is 17.0. The summed E-state index contributed by atoms with van der Waals surface area (Å²) in [5.41, 5.74) is 0.661. The van der Waals surface area contributed by atoms with Crippen molar-refractivity contribution in [3.63, 3.8) is 0 Å². The van der Waals surface area contributed by atoms with E-state index in [-0.39, 0.29) is 10.8 Å². The van der Waals surface area contributed by atoms with Gasteiger partial charge in [0.2, 0.25) is 10.0 Å². The third-order valence-electron chi connectivity index (χ3n) is 5.51. The Morgan fingerprint density at radius 1 is 1.15 bits per heavy atom. The quantitative estimate of drug-likeness (QED) is 0.728. The first-order valence-electron chi connectivity index (χ1n) is 9.51. The number of nitrogens with zero attached hydrogens (tertiary/aromatic N) is 5. The molecule has 0 saturated carbocycles. The molecule has 0 N–H and O–H groups in total. The van der Waals surface area contributed by atoms with Crippen molar-refractivity contribution in [2.24, 2.45) is 0 Å². The van der Waals surface area contributed by atoms with Crippen molar-refractivity contribution in [2.45, 2.75) is 62.8 Å². The Balaban J connectivity index is 1.59. The van der Waals surface area contributed by atoms with Gasteiger partial charge in [0, 0.05) is 38.2 Å². The lowest BCUT2D eigenvalue weighted by Gasteiger charge is -2.31. The van der Waals surface area contributed by atoms with Gasteiger partial charge in [0.05, 0.1) is 0 Å². The highest BCUT2D eigenvalue weighted by Crippen LogP contribution is 2.31. The third kappa shape index (κ3) is 3.62. The van der Waals surface area contributed by atoms with Gasteiger partial charge in [-0.1, -0.05) is 18.0 Å². The van der Waals surface area contributed by atoms with Gasteiger partial charge in [-0.2, -0.15) is 4.31 Å².